The van der Waals surface area contributed by atoms with Gasteiger partial charge in [-0.1, -0.05) is 30.3 Å². The second-order valence-electron chi connectivity index (χ2n) is 9.38. The van der Waals surface area contributed by atoms with Crippen molar-refractivity contribution in [2.45, 2.75) is 69.1 Å². The molecule has 0 bridgehead atoms. The standard InChI is InChI=1S/C25H37N7O4/c26-19(15-17-7-2-1-3-8-17)23(35)32-14-6-11-21(32)24(36)31-13-5-10-20(31)22(34)30-18(16-33)9-4-12-29-25(27)28/h1-3,7-8,16,18-21H,4-6,9-15,26H2,(H,30,34)(H4,27,28,29)/t18-,19-,20-,21-/m0/s1. The van der Waals surface area contributed by atoms with E-state index in [1.54, 1.807) is 9.80 Å². The third-order valence-corrected chi connectivity index (χ3v) is 6.73. The number of nitrogens with two attached hydrogens (primary N) is 3. The monoisotopic (exact) mass is 499 g/mol. The van der Waals surface area contributed by atoms with Crippen LogP contribution < -0.4 is 22.5 Å². The van der Waals surface area contributed by atoms with Gasteiger partial charge in [0, 0.05) is 19.6 Å². The Morgan fingerprint density at radius 3 is 2.39 bits per heavy atom. The van der Waals surface area contributed by atoms with Gasteiger partial charge in [0.1, 0.15) is 18.4 Å². The van der Waals surface area contributed by atoms with Crippen LogP contribution in [0.2, 0.25) is 0 Å². The van der Waals surface area contributed by atoms with E-state index < -0.39 is 24.2 Å². The van der Waals surface area contributed by atoms with E-state index in [9.17, 15) is 19.2 Å². The average molecular weight is 500 g/mol. The van der Waals surface area contributed by atoms with Crippen molar-refractivity contribution in [1.82, 2.24) is 15.1 Å². The minimum atomic E-state index is -0.745. The first-order valence-corrected chi connectivity index (χ1v) is 12.5. The number of hydrogen-bond acceptors (Lipinski definition) is 6. The lowest BCUT2D eigenvalue weighted by Gasteiger charge is -2.32. The quantitative estimate of drug-likeness (QED) is 0.134. The summed E-state index contributed by atoms with van der Waals surface area (Å²) in [6.45, 7) is 1.25. The van der Waals surface area contributed by atoms with Gasteiger partial charge in [0.2, 0.25) is 17.7 Å². The molecular weight excluding hydrogens is 462 g/mol. The van der Waals surface area contributed by atoms with Gasteiger partial charge in [0.05, 0.1) is 12.1 Å². The molecule has 7 N–H and O–H groups in total. The maximum atomic E-state index is 13.5. The fourth-order valence-electron chi connectivity index (χ4n) is 4.92. The lowest BCUT2D eigenvalue weighted by atomic mass is 10.0. The second kappa shape index (κ2) is 13.0. The molecule has 0 aromatic heterocycles. The SMILES string of the molecule is NC(N)=NCCC[C@@H](C=O)NC(=O)[C@@H]1CCCN1C(=O)[C@@H]1CCCN1C(=O)[C@@H](N)Cc1ccccc1. The Labute approximate surface area is 211 Å². The molecule has 0 unspecified atom stereocenters. The van der Waals surface area contributed by atoms with E-state index >= 15 is 0 Å². The highest BCUT2D eigenvalue weighted by Gasteiger charge is 2.43. The van der Waals surface area contributed by atoms with E-state index in [1.165, 1.54) is 0 Å². The van der Waals surface area contributed by atoms with Gasteiger partial charge >= 0.3 is 0 Å². The summed E-state index contributed by atoms with van der Waals surface area (Å²) >= 11 is 0. The van der Waals surface area contributed by atoms with Crippen LogP contribution in [0.3, 0.4) is 0 Å². The molecule has 0 saturated carbocycles. The highest BCUT2D eigenvalue weighted by Crippen LogP contribution is 2.26. The molecule has 36 heavy (non-hydrogen) atoms. The summed E-state index contributed by atoms with van der Waals surface area (Å²) < 4.78 is 0. The topological polar surface area (TPSA) is 177 Å². The number of amides is 3. The van der Waals surface area contributed by atoms with Gasteiger partial charge in [-0.15, -0.1) is 0 Å². The third kappa shape index (κ3) is 7.03. The number of nitrogens with one attached hydrogen (secondary N) is 1. The lowest BCUT2D eigenvalue weighted by Crippen LogP contribution is -2.56. The van der Waals surface area contributed by atoms with E-state index in [-0.39, 0.29) is 23.7 Å². The Morgan fingerprint density at radius 1 is 1.06 bits per heavy atom. The lowest BCUT2D eigenvalue weighted by molar-refractivity contribution is -0.147. The normalized spacial score (nSPS) is 21.0. The number of likely N-dealkylation sites (tertiary alicyclic amines) is 2. The van der Waals surface area contributed by atoms with Crippen LogP contribution in [0.4, 0.5) is 0 Å². The zero-order chi connectivity index (χ0) is 26.1. The summed E-state index contributed by atoms with van der Waals surface area (Å²) in [4.78, 5) is 58.1. The van der Waals surface area contributed by atoms with Crippen LogP contribution in [-0.4, -0.2) is 83.6 Å². The summed E-state index contributed by atoms with van der Waals surface area (Å²) in [5.41, 5.74) is 17.8. The number of rotatable bonds is 11. The maximum absolute atomic E-state index is 13.5. The molecule has 0 radical (unpaired) electrons. The number of carbonyl (C=O) groups excluding carboxylic acids is 4. The summed E-state index contributed by atoms with van der Waals surface area (Å²) in [6.07, 6.45) is 4.40. The van der Waals surface area contributed by atoms with Crippen molar-refractivity contribution in [1.29, 1.82) is 0 Å². The van der Waals surface area contributed by atoms with Crippen LogP contribution >= 0.6 is 0 Å². The number of hydrogen-bond donors (Lipinski definition) is 4. The van der Waals surface area contributed by atoms with Crippen LogP contribution in [-0.2, 0) is 25.6 Å². The molecule has 2 aliphatic heterocycles. The molecule has 2 aliphatic rings. The van der Waals surface area contributed by atoms with E-state index in [4.69, 9.17) is 17.2 Å². The van der Waals surface area contributed by atoms with Gasteiger partial charge in [-0.25, -0.2) is 0 Å². The van der Waals surface area contributed by atoms with Crippen molar-refractivity contribution in [3.63, 3.8) is 0 Å². The third-order valence-electron chi connectivity index (χ3n) is 6.73. The average Bonchev–Trinajstić information content (AvgIpc) is 3.55. The van der Waals surface area contributed by atoms with E-state index in [0.717, 1.165) is 5.56 Å². The maximum Gasteiger partial charge on any atom is 0.246 e. The Bertz CT molecular complexity index is 951. The number of aldehydes is 1. The largest absolute Gasteiger partial charge is 0.370 e. The van der Waals surface area contributed by atoms with Crippen LogP contribution in [0, 0.1) is 0 Å². The Kier molecular flexibility index (Phi) is 9.80. The van der Waals surface area contributed by atoms with E-state index in [2.05, 4.69) is 10.3 Å². The summed E-state index contributed by atoms with van der Waals surface area (Å²) in [5.74, 6) is -0.879. The van der Waals surface area contributed by atoms with Gasteiger partial charge in [-0.2, -0.15) is 0 Å². The van der Waals surface area contributed by atoms with Gasteiger partial charge in [-0.05, 0) is 50.5 Å². The van der Waals surface area contributed by atoms with Crippen molar-refractivity contribution in [2.75, 3.05) is 19.6 Å². The Hall–Kier alpha value is -3.47. The molecule has 1 aromatic rings. The van der Waals surface area contributed by atoms with Gasteiger partial charge in [0.25, 0.3) is 0 Å². The van der Waals surface area contributed by atoms with Gasteiger partial charge < -0.3 is 37.1 Å². The Morgan fingerprint density at radius 2 is 1.72 bits per heavy atom. The van der Waals surface area contributed by atoms with E-state index in [1.807, 2.05) is 30.3 Å². The fourth-order valence-corrected chi connectivity index (χ4v) is 4.92. The molecule has 196 valence electrons. The predicted molar refractivity (Wildman–Crippen MR) is 135 cm³/mol. The summed E-state index contributed by atoms with van der Waals surface area (Å²) in [7, 11) is 0. The first-order valence-electron chi connectivity index (χ1n) is 12.5. The molecule has 11 nitrogen and oxygen atoms in total. The molecule has 3 amide bonds. The van der Waals surface area contributed by atoms with E-state index in [0.29, 0.717) is 70.9 Å². The highest BCUT2D eigenvalue weighted by atomic mass is 16.2. The molecular formula is C25H37N7O4. The molecule has 1 aromatic carbocycles. The van der Waals surface area contributed by atoms with Crippen molar-refractivity contribution in [3.05, 3.63) is 35.9 Å². The zero-order valence-electron chi connectivity index (χ0n) is 20.6. The van der Waals surface area contributed by atoms with Crippen LogP contribution in [0.5, 0.6) is 0 Å². The van der Waals surface area contributed by atoms with Crippen LogP contribution in [0.1, 0.15) is 44.1 Å². The van der Waals surface area contributed by atoms with Gasteiger partial charge in [0.15, 0.2) is 5.96 Å². The molecule has 3 rings (SSSR count). The number of benzene rings is 1. The minimum absolute atomic E-state index is 0.0257. The highest BCUT2D eigenvalue weighted by molar-refractivity contribution is 5.94. The number of carbonyl (C=O) groups is 4. The van der Waals surface area contributed by atoms with Gasteiger partial charge in [-0.3, -0.25) is 19.4 Å². The van der Waals surface area contributed by atoms with Crippen molar-refractivity contribution >= 4 is 30.0 Å². The summed E-state index contributed by atoms with van der Waals surface area (Å²) in [5, 5.41) is 2.74. The van der Waals surface area contributed by atoms with Crippen LogP contribution in [0.25, 0.3) is 0 Å². The molecule has 2 fully saturated rings. The Balaban J connectivity index is 1.59. The molecule has 4 atom stereocenters. The molecule has 2 saturated heterocycles. The first kappa shape index (κ1) is 27.1. The van der Waals surface area contributed by atoms with Crippen LogP contribution in [0.15, 0.2) is 35.3 Å². The number of guanidine groups is 1. The molecule has 11 heteroatoms. The second-order valence-corrected chi connectivity index (χ2v) is 9.38. The number of aliphatic imine (C=N–C) groups is 1. The fraction of sp³-hybridized carbons (Fsp3) is 0.560. The van der Waals surface area contributed by atoms with Crippen molar-refractivity contribution < 1.29 is 19.2 Å². The molecule has 0 spiro atoms. The zero-order valence-corrected chi connectivity index (χ0v) is 20.6. The van der Waals surface area contributed by atoms with Crippen molar-refractivity contribution in [2.24, 2.45) is 22.2 Å². The first-order chi connectivity index (χ1) is 17.3. The molecule has 2 heterocycles. The predicted octanol–water partition coefficient (Wildman–Crippen LogP) is -0.724. The summed E-state index contributed by atoms with van der Waals surface area (Å²) in [6, 6.07) is 6.79. The minimum Gasteiger partial charge on any atom is -0.370 e. The smallest absolute Gasteiger partial charge is 0.246 e. The van der Waals surface area contributed by atoms with Crippen molar-refractivity contribution in [3.8, 4) is 0 Å². The number of nitrogens with zero attached hydrogens (tertiary/aromatic N) is 3. The molecule has 0 aliphatic carbocycles.